The number of nitrogens with one attached hydrogen (secondary N) is 1. The van der Waals surface area contributed by atoms with E-state index in [1.807, 2.05) is 13.8 Å². The smallest absolute Gasteiger partial charge is 0.121 e. The summed E-state index contributed by atoms with van der Waals surface area (Å²) < 4.78 is 17.4. The molecule has 0 aliphatic heterocycles. The Morgan fingerprint density at radius 3 is 2.15 bits per heavy atom. The predicted molar refractivity (Wildman–Crippen MR) is 55.5 cm³/mol. The third-order valence-electron chi connectivity index (χ3n) is 1.41. The number of hydrogen-bond donors (Lipinski definition) is 1. The Balaban J connectivity index is 0. The average molecular weight is 189 g/mol. The second-order valence-electron chi connectivity index (χ2n) is 2.21. The Morgan fingerprint density at radius 2 is 1.92 bits per heavy atom. The van der Waals surface area contributed by atoms with E-state index >= 15 is 0 Å². The van der Waals surface area contributed by atoms with Gasteiger partial charge < -0.3 is 10.1 Å². The summed E-state index contributed by atoms with van der Waals surface area (Å²) in [4.78, 5) is 0. The van der Waals surface area contributed by atoms with Gasteiger partial charge in [0.1, 0.15) is 5.83 Å². The highest BCUT2D eigenvalue weighted by atomic mass is 19.1. The van der Waals surface area contributed by atoms with Crippen molar-refractivity contribution in [3.05, 3.63) is 24.6 Å². The van der Waals surface area contributed by atoms with Crippen LogP contribution in [0, 0.1) is 0 Å². The maximum atomic E-state index is 12.5. The van der Waals surface area contributed by atoms with Crippen molar-refractivity contribution in [2.24, 2.45) is 0 Å². The molecule has 0 saturated carbocycles. The molecule has 0 bridgehead atoms. The van der Waals surface area contributed by atoms with E-state index in [0.29, 0.717) is 12.1 Å². The van der Waals surface area contributed by atoms with Gasteiger partial charge in [0.25, 0.3) is 0 Å². The molecule has 0 aromatic heterocycles. The Bertz CT molecular complexity index is 157. The fourth-order valence-electron chi connectivity index (χ4n) is 0.709. The predicted octanol–water partition coefficient (Wildman–Crippen LogP) is 2.29. The summed E-state index contributed by atoms with van der Waals surface area (Å²) in [5.41, 5.74) is 0.293. The molecule has 0 aliphatic carbocycles. The Labute approximate surface area is 80.5 Å². The lowest BCUT2D eigenvalue weighted by Gasteiger charge is -2.15. The third kappa shape index (κ3) is 6.49. The summed E-state index contributed by atoms with van der Waals surface area (Å²) in [6.07, 6.45) is -0.322. The van der Waals surface area contributed by atoms with Crippen LogP contribution in [0.1, 0.15) is 13.8 Å². The first kappa shape index (κ1) is 14.8. The molecule has 1 unspecified atom stereocenters. The fourth-order valence-corrected chi connectivity index (χ4v) is 0.709. The summed E-state index contributed by atoms with van der Waals surface area (Å²) in [6.45, 7) is 11.2. The van der Waals surface area contributed by atoms with Crippen molar-refractivity contribution in [2.45, 2.75) is 20.0 Å². The SMILES string of the molecule is C=C(F)C(=C)C(CNC)OC.CC. The number of halogens is 1. The number of rotatable bonds is 5. The summed E-state index contributed by atoms with van der Waals surface area (Å²) in [5.74, 6) is -0.521. The molecule has 0 radical (unpaired) electrons. The van der Waals surface area contributed by atoms with Gasteiger partial charge >= 0.3 is 0 Å². The van der Waals surface area contributed by atoms with Gasteiger partial charge in [-0.3, -0.25) is 0 Å². The minimum Gasteiger partial charge on any atom is -0.375 e. The van der Waals surface area contributed by atoms with Crippen LogP contribution in [0.4, 0.5) is 4.39 Å². The monoisotopic (exact) mass is 189 g/mol. The van der Waals surface area contributed by atoms with Crippen LogP contribution < -0.4 is 5.32 Å². The van der Waals surface area contributed by atoms with Crippen molar-refractivity contribution >= 4 is 0 Å². The average Bonchev–Trinajstić information content (AvgIpc) is 2.16. The van der Waals surface area contributed by atoms with Gasteiger partial charge in [0, 0.05) is 19.2 Å². The van der Waals surface area contributed by atoms with Crippen molar-refractivity contribution < 1.29 is 9.13 Å². The molecule has 1 N–H and O–H groups in total. The van der Waals surface area contributed by atoms with Crippen molar-refractivity contribution in [1.82, 2.24) is 5.32 Å². The Morgan fingerprint density at radius 1 is 1.46 bits per heavy atom. The minimum atomic E-state index is -0.521. The van der Waals surface area contributed by atoms with Crippen LogP contribution in [-0.4, -0.2) is 26.8 Å². The largest absolute Gasteiger partial charge is 0.375 e. The fraction of sp³-hybridized carbons (Fsp3) is 0.600. The summed E-state index contributed by atoms with van der Waals surface area (Å²) >= 11 is 0. The van der Waals surface area contributed by atoms with Gasteiger partial charge in [-0.25, -0.2) is 4.39 Å². The third-order valence-corrected chi connectivity index (χ3v) is 1.41. The molecule has 3 heteroatoms. The van der Waals surface area contributed by atoms with E-state index in [0.717, 1.165) is 0 Å². The molecular formula is C10H20FNO. The quantitative estimate of drug-likeness (QED) is 0.670. The maximum absolute atomic E-state index is 12.5. The van der Waals surface area contributed by atoms with Crippen LogP contribution in [0.2, 0.25) is 0 Å². The molecule has 0 aromatic carbocycles. The zero-order chi connectivity index (χ0) is 10.9. The highest BCUT2D eigenvalue weighted by Gasteiger charge is 2.12. The molecular weight excluding hydrogens is 169 g/mol. The molecule has 0 rings (SSSR count). The number of methoxy groups -OCH3 is 1. The van der Waals surface area contributed by atoms with Gasteiger partial charge in [0.2, 0.25) is 0 Å². The molecule has 0 aliphatic rings. The van der Waals surface area contributed by atoms with E-state index in [2.05, 4.69) is 18.5 Å². The molecule has 0 spiro atoms. The molecule has 0 fully saturated rings. The van der Waals surface area contributed by atoms with Crippen molar-refractivity contribution in [3.63, 3.8) is 0 Å². The van der Waals surface area contributed by atoms with E-state index in [1.54, 1.807) is 7.05 Å². The highest BCUT2D eigenvalue weighted by Crippen LogP contribution is 2.12. The number of likely N-dealkylation sites (N-methyl/N-ethyl adjacent to an activating group) is 1. The molecule has 0 saturated heterocycles. The van der Waals surface area contributed by atoms with Crippen LogP contribution in [-0.2, 0) is 4.74 Å². The van der Waals surface area contributed by atoms with Gasteiger partial charge in [-0.05, 0) is 7.05 Å². The van der Waals surface area contributed by atoms with Gasteiger partial charge in [-0.1, -0.05) is 27.0 Å². The van der Waals surface area contributed by atoms with E-state index in [-0.39, 0.29) is 6.10 Å². The zero-order valence-corrected chi connectivity index (χ0v) is 8.98. The van der Waals surface area contributed by atoms with Crippen LogP contribution in [0.15, 0.2) is 24.6 Å². The van der Waals surface area contributed by atoms with Gasteiger partial charge in [0.15, 0.2) is 0 Å². The first-order valence-electron chi connectivity index (χ1n) is 4.34. The summed E-state index contributed by atoms with van der Waals surface area (Å²) in [5, 5.41) is 2.86. The Kier molecular flexibility index (Phi) is 10.7. The first-order chi connectivity index (χ1) is 6.13. The van der Waals surface area contributed by atoms with Crippen molar-refractivity contribution in [1.29, 1.82) is 0 Å². The number of ether oxygens (including phenoxy) is 1. The van der Waals surface area contributed by atoms with Crippen LogP contribution >= 0.6 is 0 Å². The topological polar surface area (TPSA) is 21.3 Å². The lowest BCUT2D eigenvalue weighted by Crippen LogP contribution is -2.27. The van der Waals surface area contributed by atoms with Gasteiger partial charge in [-0.15, -0.1) is 0 Å². The van der Waals surface area contributed by atoms with E-state index in [4.69, 9.17) is 4.74 Å². The first-order valence-corrected chi connectivity index (χ1v) is 4.34. The van der Waals surface area contributed by atoms with E-state index in [1.165, 1.54) is 7.11 Å². The normalized spacial score (nSPS) is 11.2. The second kappa shape index (κ2) is 9.42. The van der Waals surface area contributed by atoms with E-state index in [9.17, 15) is 4.39 Å². The molecule has 0 aromatic rings. The molecule has 2 nitrogen and oxygen atoms in total. The lowest BCUT2D eigenvalue weighted by molar-refractivity contribution is 0.132. The molecule has 78 valence electrons. The molecule has 13 heavy (non-hydrogen) atoms. The highest BCUT2D eigenvalue weighted by molar-refractivity contribution is 5.23. The zero-order valence-electron chi connectivity index (χ0n) is 8.98. The maximum Gasteiger partial charge on any atom is 0.121 e. The minimum absolute atomic E-state index is 0.293. The molecule has 1 atom stereocenters. The second-order valence-corrected chi connectivity index (χ2v) is 2.21. The van der Waals surface area contributed by atoms with E-state index < -0.39 is 5.83 Å². The van der Waals surface area contributed by atoms with Crippen molar-refractivity contribution in [3.8, 4) is 0 Å². The lowest BCUT2D eigenvalue weighted by atomic mass is 10.1. The molecule has 0 heterocycles. The summed E-state index contributed by atoms with van der Waals surface area (Å²) in [6, 6.07) is 0. The van der Waals surface area contributed by atoms with Gasteiger partial charge in [0.05, 0.1) is 6.10 Å². The molecule has 0 amide bonds. The van der Waals surface area contributed by atoms with Crippen LogP contribution in [0.5, 0.6) is 0 Å². The standard InChI is InChI=1S/C8H14FNO.C2H6/c1-6(7(2)9)8(11-4)5-10-3;1-2/h8,10H,1-2,5H2,3-4H3;1-2H3. The summed E-state index contributed by atoms with van der Waals surface area (Å²) in [7, 11) is 3.27. The van der Waals surface area contributed by atoms with Crippen LogP contribution in [0.3, 0.4) is 0 Å². The van der Waals surface area contributed by atoms with Crippen LogP contribution in [0.25, 0.3) is 0 Å². The Hall–Kier alpha value is -0.670. The van der Waals surface area contributed by atoms with Gasteiger partial charge in [-0.2, -0.15) is 0 Å². The van der Waals surface area contributed by atoms with Crippen molar-refractivity contribution in [2.75, 3.05) is 20.7 Å². The number of hydrogen-bond acceptors (Lipinski definition) is 2.